The van der Waals surface area contributed by atoms with Crippen LogP contribution in [-0.4, -0.2) is 52.3 Å². The van der Waals surface area contributed by atoms with Gasteiger partial charge in [-0.05, 0) is 49.9 Å². The number of benzene rings is 2. The average molecular weight is 521 g/mol. The largest absolute Gasteiger partial charge is 0.444 e. The summed E-state index contributed by atoms with van der Waals surface area (Å²) in [6, 6.07) is 13.1. The number of fused-ring (bicyclic) bond motifs is 1. The predicted molar refractivity (Wildman–Crippen MR) is 138 cm³/mol. The number of hydrogen-bond donors (Lipinski definition) is 3. The molecule has 1 fully saturated rings. The summed E-state index contributed by atoms with van der Waals surface area (Å²) >= 11 is 0. The fourth-order valence-corrected chi connectivity index (χ4v) is 4.56. The fourth-order valence-electron chi connectivity index (χ4n) is 4.56. The fraction of sp³-hybridized carbons (Fsp3) is 0.393. The predicted octanol–water partition coefficient (Wildman–Crippen LogP) is 2.20. The summed E-state index contributed by atoms with van der Waals surface area (Å²) in [6.07, 6.45) is 0.0832. The number of carbonyl (C=O) groups is 5. The topological polar surface area (TPSA) is 134 Å². The molecule has 0 spiro atoms. The van der Waals surface area contributed by atoms with Crippen LogP contribution in [0.2, 0.25) is 0 Å². The first-order valence-corrected chi connectivity index (χ1v) is 12.6. The van der Waals surface area contributed by atoms with Gasteiger partial charge in [0.05, 0.1) is 0 Å². The molecule has 0 saturated carbocycles. The zero-order valence-corrected chi connectivity index (χ0v) is 21.7. The zero-order chi connectivity index (χ0) is 27.4. The lowest BCUT2D eigenvalue weighted by Crippen LogP contribution is -2.52. The third-order valence-electron chi connectivity index (χ3n) is 6.34. The molecule has 38 heavy (non-hydrogen) atoms. The van der Waals surface area contributed by atoms with Crippen LogP contribution in [0.15, 0.2) is 48.5 Å². The van der Waals surface area contributed by atoms with Gasteiger partial charge in [-0.25, -0.2) is 4.79 Å². The minimum absolute atomic E-state index is 0.181. The third-order valence-corrected chi connectivity index (χ3v) is 6.34. The van der Waals surface area contributed by atoms with Gasteiger partial charge >= 0.3 is 6.09 Å². The maximum atomic E-state index is 13.1. The molecule has 5 amide bonds. The van der Waals surface area contributed by atoms with Gasteiger partial charge in [0.25, 0.3) is 5.91 Å². The highest BCUT2D eigenvalue weighted by Crippen LogP contribution is 2.28. The zero-order valence-electron chi connectivity index (χ0n) is 21.7. The monoisotopic (exact) mass is 520 g/mol. The van der Waals surface area contributed by atoms with Crippen molar-refractivity contribution in [2.24, 2.45) is 0 Å². The van der Waals surface area contributed by atoms with Gasteiger partial charge in [0.1, 0.15) is 17.7 Å². The first-order valence-electron chi connectivity index (χ1n) is 12.6. The SMILES string of the molecule is CC(C)(C)OC(=O)N[C@H](Cc1ccccc1)C(=O)NCc1ccc2c(c1)CN(C1CCC(=O)NC1=O)C2=O. The highest BCUT2D eigenvalue weighted by molar-refractivity contribution is 6.05. The molecule has 2 aliphatic heterocycles. The van der Waals surface area contributed by atoms with E-state index in [1.165, 1.54) is 4.90 Å². The van der Waals surface area contributed by atoms with Gasteiger partial charge in [-0.3, -0.25) is 24.5 Å². The lowest BCUT2D eigenvalue weighted by atomic mass is 10.0. The van der Waals surface area contributed by atoms with Crippen LogP contribution in [0.5, 0.6) is 0 Å². The van der Waals surface area contributed by atoms with Crippen LogP contribution in [0.25, 0.3) is 0 Å². The van der Waals surface area contributed by atoms with Crippen LogP contribution < -0.4 is 16.0 Å². The third kappa shape index (κ3) is 6.56. The second-order valence-electron chi connectivity index (χ2n) is 10.5. The van der Waals surface area contributed by atoms with Crippen molar-refractivity contribution in [3.8, 4) is 0 Å². The molecule has 0 aromatic heterocycles. The summed E-state index contributed by atoms with van der Waals surface area (Å²) in [6.45, 7) is 5.68. The first-order chi connectivity index (χ1) is 18.0. The van der Waals surface area contributed by atoms with Crippen LogP contribution in [-0.2, 0) is 38.6 Å². The van der Waals surface area contributed by atoms with Crippen molar-refractivity contribution in [3.05, 3.63) is 70.8 Å². The van der Waals surface area contributed by atoms with Crippen molar-refractivity contribution in [3.63, 3.8) is 0 Å². The summed E-state index contributed by atoms with van der Waals surface area (Å²) < 4.78 is 5.34. The molecule has 2 aromatic carbocycles. The lowest BCUT2D eigenvalue weighted by Gasteiger charge is -2.29. The molecule has 2 heterocycles. The van der Waals surface area contributed by atoms with Crippen molar-refractivity contribution in [2.75, 3.05) is 0 Å². The van der Waals surface area contributed by atoms with Crippen molar-refractivity contribution in [1.82, 2.24) is 20.9 Å². The van der Waals surface area contributed by atoms with Gasteiger partial charge < -0.3 is 20.3 Å². The highest BCUT2D eigenvalue weighted by Gasteiger charge is 2.39. The lowest BCUT2D eigenvalue weighted by molar-refractivity contribution is -0.137. The van der Waals surface area contributed by atoms with Crippen molar-refractivity contribution >= 4 is 29.7 Å². The molecule has 1 unspecified atom stereocenters. The molecule has 1 saturated heterocycles. The number of nitrogens with one attached hydrogen (secondary N) is 3. The highest BCUT2D eigenvalue weighted by atomic mass is 16.6. The Morgan fingerprint density at radius 2 is 1.82 bits per heavy atom. The summed E-state index contributed by atoms with van der Waals surface area (Å²) in [5.41, 5.74) is 2.19. The molecule has 0 aliphatic carbocycles. The number of piperidine rings is 1. The van der Waals surface area contributed by atoms with Gasteiger partial charge in [0.15, 0.2) is 0 Å². The molecule has 2 atom stereocenters. The van der Waals surface area contributed by atoms with Gasteiger partial charge in [0.2, 0.25) is 17.7 Å². The number of amides is 5. The first kappa shape index (κ1) is 26.8. The smallest absolute Gasteiger partial charge is 0.408 e. The van der Waals surface area contributed by atoms with Crippen molar-refractivity contribution in [2.45, 2.75) is 70.8 Å². The number of hydrogen-bond acceptors (Lipinski definition) is 6. The van der Waals surface area contributed by atoms with E-state index in [0.717, 1.165) is 16.7 Å². The molecule has 200 valence electrons. The van der Waals surface area contributed by atoms with E-state index < -0.39 is 29.7 Å². The van der Waals surface area contributed by atoms with Crippen LogP contribution in [0.1, 0.15) is 60.7 Å². The molecule has 10 nitrogen and oxygen atoms in total. The normalized spacial score (nSPS) is 17.9. The minimum Gasteiger partial charge on any atom is -0.444 e. The van der Waals surface area contributed by atoms with E-state index in [4.69, 9.17) is 4.74 Å². The van der Waals surface area contributed by atoms with Gasteiger partial charge in [0, 0.05) is 31.5 Å². The Balaban J connectivity index is 1.41. The second kappa shape index (κ2) is 11.0. The van der Waals surface area contributed by atoms with Gasteiger partial charge in [-0.1, -0.05) is 42.5 Å². The van der Waals surface area contributed by atoms with Crippen molar-refractivity contribution < 1.29 is 28.7 Å². The second-order valence-corrected chi connectivity index (χ2v) is 10.5. The number of carbonyl (C=O) groups excluding carboxylic acids is 5. The van der Waals surface area contributed by atoms with E-state index in [0.29, 0.717) is 12.0 Å². The quantitative estimate of drug-likeness (QED) is 0.480. The van der Waals surface area contributed by atoms with Gasteiger partial charge in [-0.2, -0.15) is 0 Å². The Labute approximate surface area is 221 Å². The molecule has 3 N–H and O–H groups in total. The summed E-state index contributed by atoms with van der Waals surface area (Å²) in [5.74, 6) is -1.42. The Kier molecular flexibility index (Phi) is 7.80. The van der Waals surface area contributed by atoms with E-state index >= 15 is 0 Å². The van der Waals surface area contributed by atoms with Gasteiger partial charge in [-0.15, -0.1) is 0 Å². The number of ether oxygens (including phenoxy) is 1. The summed E-state index contributed by atoms with van der Waals surface area (Å²) in [4.78, 5) is 63.6. The molecule has 10 heteroatoms. The van der Waals surface area contributed by atoms with Crippen LogP contribution in [0.3, 0.4) is 0 Å². The maximum absolute atomic E-state index is 13.1. The van der Waals surface area contributed by atoms with Crippen LogP contribution in [0, 0.1) is 0 Å². The average Bonchev–Trinajstić information content (AvgIpc) is 3.17. The Hall–Kier alpha value is -4.21. The molecule has 0 radical (unpaired) electrons. The number of rotatable bonds is 7. The molecule has 2 aromatic rings. The van der Waals surface area contributed by atoms with E-state index in [1.807, 2.05) is 36.4 Å². The van der Waals surface area contributed by atoms with Crippen LogP contribution >= 0.6 is 0 Å². The maximum Gasteiger partial charge on any atom is 0.408 e. The molecule has 0 bridgehead atoms. The summed E-state index contributed by atoms with van der Waals surface area (Å²) in [7, 11) is 0. The van der Waals surface area contributed by atoms with E-state index in [-0.39, 0.29) is 43.7 Å². The van der Waals surface area contributed by atoms with E-state index in [1.54, 1.807) is 32.9 Å². The van der Waals surface area contributed by atoms with Crippen LogP contribution in [0.4, 0.5) is 4.79 Å². The Morgan fingerprint density at radius 3 is 2.50 bits per heavy atom. The Bertz CT molecular complexity index is 1250. The number of alkyl carbamates (subject to hydrolysis) is 1. The molecule has 2 aliphatic rings. The van der Waals surface area contributed by atoms with E-state index in [2.05, 4.69) is 16.0 Å². The molecular formula is C28H32N4O6. The van der Waals surface area contributed by atoms with Crippen molar-refractivity contribution in [1.29, 1.82) is 0 Å². The number of nitrogens with zero attached hydrogens (tertiary/aromatic N) is 1. The Morgan fingerprint density at radius 1 is 1.08 bits per heavy atom. The molecule has 4 rings (SSSR count). The molecular weight excluding hydrogens is 488 g/mol. The summed E-state index contributed by atoms with van der Waals surface area (Å²) in [5, 5.41) is 7.83. The standard InChI is InChI=1S/C28H32N4O6/c1-28(2,3)38-27(37)30-21(14-17-7-5-4-6-8-17)24(34)29-15-18-9-10-20-19(13-18)16-32(26(20)36)22-11-12-23(33)31-25(22)35/h4-10,13,21-22H,11-12,14-16H2,1-3H3,(H,29,34)(H,30,37)(H,31,33,35)/t21-,22?/m1/s1. The number of imide groups is 1. The minimum atomic E-state index is -0.855. The van der Waals surface area contributed by atoms with E-state index in [9.17, 15) is 24.0 Å².